The minimum Gasteiger partial charge on any atom is -0.491 e. The molecular formula is C18H21N3O2. The summed E-state index contributed by atoms with van der Waals surface area (Å²) in [5.41, 5.74) is 1.81. The second-order valence-corrected chi connectivity index (χ2v) is 5.88. The number of ether oxygens (including phenoxy) is 1. The Morgan fingerprint density at radius 1 is 1.35 bits per heavy atom. The lowest BCUT2D eigenvalue weighted by atomic mass is 10.1. The van der Waals surface area contributed by atoms with Gasteiger partial charge in [-0.1, -0.05) is 0 Å². The third kappa shape index (κ3) is 3.92. The second-order valence-electron chi connectivity index (χ2n) is 5.88. The Labute approximate surface area is 136 Å². The van der Waals surface area contributed by atoms with Gasteiger partial charge < -0.3 is 14.8 Å². The number of rotatable bonds is 6. The number of aromatic amines is 1. The number of hydrogen-bond acceptors (Lipinski definition) is 4. The fraction of sp³-hybridized carbons (Fsp3) is 0.389. The van der Waals surface area contributed by atoms with E-state index in [4.69, 9.17) is 10.00 Å². The van der Waals surface area contributed by atoms with Gasteiger partial charge in [-0.3, -0.25) is 4.90 Å². The Hall–Kier alpha value is -2.29. The molecule has 0 saturated carbocycles. The Balaban J connectivity index is 1.50. The second kappa shape index (κ2) is 7.32. The zero-order chi connectivity index (χ0) is 16.1. The number of aliphatic hydroxyl groups excluding tert-OH is 1. The molecule has 3 rings (SSSR count). The molecule has 1 aromatic heterocycles. The predicted octanol–water partition coefficient (Wildman–Crippen LogP) is 2.46. The molecule has 0 bridgehead atoms. The number of benzene rings is 1. The van der Waals surface area contributed by atoms with Gasteiger partial charge in [0.05, 0.1) is 11.6 Å². The van der Waals surface area contributed by atoms with E-state index in [1.54, 1.807) is 24.3 Å². The van der Waals surface area contributed by atoms with Crippen LogP contribution in [0.1, 0.15) is 30.1 Å². The summed E-state index contributed by atoms with van der Waals surface area (Å²) in [6.07, 6.45) is 3.66. The fourth-order valence-corrected chi connectivity index (χ4v) is 3.09. The van der Waals surface area contributed by atoms with Crippen LogP contribution in [0.25, 0.3) is 0 Å². The van der Waals surface area contributed by atoms with Gasteiger partial charge in [-0.25, -0.2) is 0 Å². The first-order valence-corrected chi connectivity index (χ1v) is 7.94. The summed E-state index contributed by atoms with van der Waals surface area (Å²) in [5, 5.41) is 19.0. The minimum absolute atomic E-state index is 0.250. The number of H-pyrrole nitrogens is 1. The van der Waals surface area contributed by atoms with Gasteiger partial charge in [-0.05, 0) is 55.8 Å². The van der Waals surface area contributed by atoms with Crippen molar-refractivity contribution in [1.29, 1.82) is 5.26 Å². The van der Waals surface area contributed by atoms with E-state index in [1.165, 1.54) is 5.69 Å². The van der Waals surface area contributed by atoms with Crippen molar-refractivity contribution in [2.45, 2.75) is 25.0 Å². The van der Waals surface area contributed by atoms with Crippen molar-refractivity contribution in [2.24, 2.45) is 0 Å². The summed E-state index contributed by atoms with van der Waals surface area (Å²) in [6, 6.07) is 13.5. The van der Waals surface area contributed by atoms with Gasteiger partial charge >= 0.3 is 0 Å². The average Bonchev–Trinajstić information content (AvgIpc) is 3.24. The quantitative estimate of drug-likeness (QED) is 0.859. The summed E-state index contributed by atoms with van der Waals surface area (Å²) in [4.78, 5) is 5.57. The molecule has 23 heavy (non-hydrogen) atoms. The highest BCUT2D eigenvalue weighted by Gasteiger charge is 2.28. The van der Waals surface area contributed by atoms with E-state index in [-0.39, 0.29) is 6.61 Å². The highest BCUT2D eigenvalue weighted by Crippen LogP contribution is 2.30. The predicted molar refractivity (Wildman–Crippen MR) is 87.0 cm³/mol. The molecule has 1 aromatic carbocycles. The van der Waals surface area contributed by atoms with Gasteiger partial charge in [0.1, 0.15) is 18.5 Å². The maximum Gasteiger partial charge on any atom is 0.119 e. The largest absolute Gasteiger partial charge is 0.491 e. The van der Waals surface area contributed by atoms with Crippen LogP contribution in [0, 0.1) is 11.3 Å². The zero-order valence-corrected chi connectivity index (χ0v) is 13.0. The molecule has 120 valence electrons. The van der Waals surface area contributed by atoms with Crippen LogP contribution in [-0.4, -0.2) is 40.8 Å². The average molecular weight is 311 g/mol. The van der Waals surface area contributed by atoms with Crippen LogP contribution in [0.4, 0.5) is 0 Å². The lowest BCUT2D eigenvalue weighted by Gasteiger charge is -2.26. The van der Waals surface area contributed by atoms with Crippen LogP contribution in [0.15, 0.2) is 42.6 Å². The van der Waals surface area contributed by atoms with E-state index in [2.05, 4.69) is 22.0 Å². The first-order chi connectivity index (χ1) is 11.3. The van der Waals surface area contributed by atoms with Crippen molar-refractivity contribution in [3.05, 3.63) is 53.9 Å². The van der Waals surface area contributed by atoms with Gasteiger partial charge in [0, 0.05) is 24.5 Å². The van der Waals surface area contributed by atoms with E-state index in [0.717, 1.165) is 19.4 Å². The molecule has 2 aromatic rings. The first kappa shape index (κ1) is 15.6. The number of nitriles is 1. The molecule has 1 aliphatic heterocycles. The van der Waals surface area contributed by atoms with E-state index in [9.17, 15) is 5.11 Å². The number of nitrogens with one attached hydrogen (secondary N) is 1. The van der Waals surface area contributed by atoms with Gasteiger partial charge in [-0.15, -0.1) is 0 Å². The van der Waals surface area contributed by atoms with Crippen molar-refractivity contribution < 1.29 is 9.84 Å². The number of β-amino-alcohol motifs (C(OH)–C–C–N with tert-alkyl or cyclic N) is 1. The topological polar surface area (TPSA) is 72.3 Å². The van der Waals surface area contributed by atoms with Crippen molar-refractivity contribution in [1.82, 2.24) is 9.88 Å². The van der Waals surface area contributed by atoms with E-state index >= 15 is 0 Å². The number of nitrogens with zero attached hydrogens (tertiary/aromatic N) is 2. The molecule has 1 saturated heterocycles. The van der Waals surface area contributed by atoms with E-state index in [1.807, 2.05) is 12.3 Å². The smallest absolute Gasteiger partial charge is 0.119 e. The molecule has 0 aliphatic carbocycles. The van der Waals surface area contributed by atoms with E-state index < -0.39 is 6.10 Å². The molecule has 2 N–H and O–H groups in total. The molecule has 0 unspecified atom stereocenters. The lowest BCUT2D eigenvalue weighted by Crippen LogP contribution is -2.35. The Kier molecular flexibility index (Phi) is 4.96. The zero-order valence-electron chi connectivity index (χ0n) is 13.0. The molecule has 2 heterocycles. The van der Waals surface area contributed by atoms with Gasteiger partial charge in [0.15, 0.2) is 0 Å². The normalized spacial score (nSPS) is 19.4. The maximum absolute atomic E-state index is 10.3. The third-order valence-corrected chi connectivity index (χ3v) is 4.22. The first-order valence-electron chi connectivity index (χ1n) is 7.94. The van der Waals surface area contributed by atoms with Crippen LogP contribution in [0.5, 0.6) is 5.75 Å². The maximum atomic E-state index is 10.3. The molecule has 5 heteroatoms. The Morgan fingerprint density at radius 2 is 2.17 bits per heavy atom. The van der Waals surface area contributed by atoms with Crippen LogP contribution in [0.2, 0.25) is 0 Å². The summed E-state index contributed by atoms with van der Waals surface area (Å²) in [7, 11) is 0. The highest BCUT2D eigenvalue weighted by molar-refractivity contribution is 5.34. The summed E-state index contributed by atoms with van der Waals surface area (Å²) >= 11 is 0. The van der Waals surface area contributed by atoms with E-state index in [0.29, 0.717) is 23.9 Å². The van der Waals surface area contributed by atoms with Crippen molar-refractivity contribution in [2.75, 3.05) is 19.7 Å². The molecule has 2 atom stereocenters. The standard InChI is InChI=1S/C18H21N3O2/c19-11-14-5-7-16(8-6-14)23-13-15(22)12-21-10-2-4-18(21)17-3-1-9-20-17/h1,3,5-9,15,18,20,22H,2,4,10,12-13H2/t15-,18-/m0/s1. The fourth-order valence-electron chi connectivity index (χ4n) is 3.09. The number of hydrogen-bond donors (Lipinski definition) is 2. The molecule has 5 nitrogen and oxygen atoms in total. The molecule has 1 aliphatic rings. The van der Waals surface area contributed by atoms with Gasteiger partial charge in [0.25, 0.3) is 0 Å². The summed E-state index contributed by atoms with van der Waals surface area (Å²) in [5.74, 6) is 0.672. The van der Waals surface area contributed by atoms with Crippen LogP contribution < -0.4 is 4.74 Å². The van der Waals surface area contributed by atoms with Crippen molar-refractivity contribution in [3.8, 4) is 11.8 Å². The SMILES string of the molecule is N#Cc1ccc(OC[C@@H](O)CN2CCC[C@H]2c2ccc[nH]2)cc1. The van der Waals surface area contributed by atoms with Crippen molar-refractivity contribution >= 4 is 0 Å². The number of aromatic nitrogens is 1. The summed E-state index contributed by atoms with van der Waals surface area (Å²) in [6.45, 7) is 1.84. The van der Waals surface area contributed by atoms with Crippen LogP contribution >= 0.6 is 0 Å². The number of aliphatic hydroxyl groups is 1. The van der Waals surface area contributed by atoms with Crippen LogP contribution in [-0.2, 0) is 0 Å². The lowest BCUT2D eigenvalue weighted by molar-refractivity contribution is 0.0634. The Bertz CT molecular complexity index is 646. The molecule has 1 fully saturated rings. The van der Waals surface area contributed by atoms with Gasteiger partial charge in [0.2, 0.25) is 0 Å². The number of likely N-dealkylation sites (tertiary alicyclic amines) is 1. The third-order valence-electron chi connectivity index (χ3n) is 4.22. The van der Waals surface area contributed by atoms with Crippen molar-refractivity contribution in [3.63, 3.8) is 0 Å². The Morgan fingerprint density at radius 3 is 2.87 bits per heavy atom. The van der Waals surface area contributed by atoms with Gasteiger partial charge in [-0.2, -0.15) is 5.26 Å². The summed E-state index contributed by atoms with van der Waals surface area (Å²) < 4.78 is 5.61. The molecular weight excluding hydrogens is 290 g/mol. The highest BCUT2D eigenvalue weighted by atomic mass is 16.5. The molecule has 0 spiro atoms. The molecule has 0 radical (unpaired) electrons. The van der Waals surface area contributed by atoms with Crippen LogP contribution in [0.3, 0.4) is 0 Å². The molecule has 0 amide bonds. The minimum atomic E-state index is -0.541. The monoisotopic (exact) mass is 311 g/mol.